The van der Waals surface area contributed by atoms with Crippen molar-refractivity contribution in [2.75, 3.05) is 0 Å². The average molecular weight is 176 g/mol. The van der Waals surface area contributed by atoms with E-state index in [1.807, 2.05) is 0 Å². The van der Waals surface area contributed by atoms with Gasteiger partial charge in [-0.25, -0.2) is 0 Å². The number of hydrogen-bond acceptors (Lipinski definition) is 3. The number of Topliss-reactive ketones (excluding diaryl/α,β-unsaturated/α-hetero) is 1. The fourth-order valence-electron chi connectivity index (χ4n) is 0.991. The van der Waals surface area contributed by atoms with Crippen molar-refractivity contribution in [1.82, 2.24) is 4.98 Å². The minimum absolute atomic E-state index is 0.122. The maximum atomic E-state index is 11.0. The van der Waals surface area contributed by atoms with Gasteiger partial charge in [0, 0.05) is 18.0 Å². The normalized spacial score (nSPS) is 9.00. The van der Waals surface area contributed by atoms with Crippen molar-refractivity contribution < 1.29 is 4.79 Å². The summed E-state index contributed by atoms with van der Waals surface area (Å²) in [5.41, 5.74) is 9.14. The van der Waals surface area contributed by atoms with Gasteiger partial charge >= 0.3 is 0 Å². The van der Waals surface area contributed by atoms with Crippen molar-refractivity contribution in [2.24, 2.45) is 5.11 Å². The van der Waals surface area contributed by atoms with Crippen LogP contribution in [-0.4, -0.2) is 10.8 Å². The Hall–Kier alpha value is -1.87. The molecule has 0 spiro atoms. The van der Waals surface area contributed by atoms with Crippen molar-refractivity contribution in [3.05, 3.63) is 40.0 Å². The number of aromatic nitrogens is 1. The van der Waals surface area contributed by atoms with Crippen LogP contribution < -0.4 is 0 Å². The van der Waals surface area contributed by atoms with Crippen LogP contribution in [0, 0.1) is 0 Å². The number of hydrogen-bond donors (Lipinski definition) is 0. The Morgan fingerprint density at radius 3 is 3.15 bits per heavy atom. The first-order valence-corrected chi connectivity index (χ1v) is 3.71. The molecule has 1 rings (SSSR count). The lowest BCUT2D eigenvalue weighted by Crippen LogP contribution is -2.01. The van der Waals surface area contributed by atoms with Crippen LogP contribution in [0.1, 0.15) is 23.0 Å². The lowest BCUT2D eigenvalue weighted by molar-refractivity contribution is 0.101. The zero-order valence-electron chi connectivity index (χ0n) is 7.14. The summed E-state index contributed by atoms with van der Waals surface area (Å²) in [5, 5.41) is 3.37. The summed E-state index contributed by atoms with van der Waals surface area (Å²) < 4.78 is 0. The quantitative estimate of drug-likeness (QED) is 0.306. The SMILES string of the molecule is CC(=O)c1ncccc1CN=[N+]=[N-]. The molecule has 0 N–H and O–H groups in total. The number of ketones is 1. The highest BCUT2D eigenvalue weighted by Crippen LogP contribution is 2.07. The second-order valence-corrected chi connectivity index (χ2v) is 2.46. The van der Waals surface area contributed by atoms with E-state index >= 15 is 0 Å². The molecule has 1 heterocycles. The predicted molar refractivity (Wildman–Crippen MR) is 47.1 cm³/mol. The smallest absolute Gasteiger partial charge is 0.178 e. The van der Waals surface area contributed by atoms with E-state index in [0.717, 1.165) is 0 Å². The molecule has 0 aliphatic heterocycles. The van der Waals surface area contributed by atoms with Gasteiger partial charge in [0.25, 0.3) is 0 Å². The van der Waals surface area contributed by atoms with Crippen LogP contribution in [0.15, 0.2) is 23.4 Å². The summed E-state index contributed by atoms with van der Waals surface area (Å²) in [4.78, 5) is 17.5. The largest absolute Gasteiger partial charge is 0.293 e. The summed E-state index contributed by atoms with van der Waals surface area (Å²) in [5.74, 6) is -0.122. The Bertz CT molecular complexity index is 368. The minimum Gasteiger partial charge on any atom is -0.293 e. The highest BCUT2D eigenvalue weighted by Gasteiger charge is 2.05. The van der Waals surface area contributed by atoms with Crippen LogP contribution in [0.25, 0.3) is 10.4 Å². The van der Waals surface area contributed by atoms with Gasteiger partial charge in [-0.2, -0.15) is 0 Å². The molecule has 0 saturated carbocycles. The minimum atomic E-state index is -0.122. The first kappa shape index (κ1) is 9.22. The summed E-state index contributed by atoms with van der Waals surface area (Å²) >= 11 is 0. The molecule has 1 aromatic heterocycles. The number of azide groups is 1. The van der Waals surface area contributed by atoms with Gasteiger partial charge in [0.15, 0.2) is 5.78 Å². The molecule has 5 nitrogen and oxygen atoms in total. The molecule has 0 saturated heterocycles. The van der Waals surface area contributed by atoms with E-state index in [2.05, 4.69) is 15.0 Å². The first-order valence-electron chi connectivity index (χ1n) is 3.71. The third kappa shape index (κ3) is 2.28. The predicted octanol–water partition coefficient (Wildman–Crippen LogP) is 2.09. The summed E-state index contributed by atoms with van der Waals surface area (Å²) in [6.07, 6.45) is 1.54. The number of carbonyl (C=O) groups excluding carboxylic acids is 1. The Morgan fingerprint density at radius 1 is 1.77 bits per heavy atom. The summed E-state index contributed by atoms with van der Waals surface area (Å²) in [7, 11) is 0. The maximum absolute atomic E-state index is 11.0. The third-order valence-corrected chi connectivity index (χ3v) is 1.53. The molecule has 0 unspecified atom stereocenters. The monoisotopic (exact) mass is 176 g/mol. The van der Waals surface area contributed by atoms with Gasteiger partial charge in [0.05, 0.1) is 6.54 Å². The van der Waals surface area contributed by atoms with Crippen molar-refractivity contribution in [1.29, 1.82) is 0 Å². The molecule has 0 atom stereocenters. The molecule has 0 aromatic carbocycles. The molecule has 66 valence electrons. The Kier molecular flexibility index (Phi) is 3.00. The van der Waals surface area contributed by atoms with E-state index in [1.165, 1.54) is 13.1 Å². The number of nitrogens with zero attached hydrogens (tertiary/aromatic N) is 4. The van der Waals surface area contributed by atoms with Crippen LogP contribution in [0.5, 0.6) is 0 Å². The topological polar surface area (TPSA) is 78.7 Å². The fourth-order valence-corrected chi connectivity index (χ4v) is 0.991. The molecule has 5 heteroatoms. The van der Waals surface area contributed by atoms with Gasteiger partial charge in [-0.05, 0) is 17.2 Å². The lowest BCUT2D eigenvalue weighted by Gasteiger charge is -2.00. The number of carbonyl (C=O) groups is 1. The zero-order valence-corrected chi connectivity index (χ0v) is 7.14. The molecule has 0 fully saturated rings. The van der Waals surface area contributed by atoms with Crippen LogP contribution in [0.4, 0.5) is 0 Å². The summed E-state index contributed by atoms with van der Waals surface area (Å²) in [6, 6.07) is 3.42. The van der Waals surface area contributed by atoms with E-state index < -0.39 is 0 Å². The van der Waals surface area contributed by atoms with E-state index in [0.29, 0.717) is 11.3 Å². The highest BCUT2D eigenvalue weighted by molar-refractivity contribution is 5.93. The van der Waals surface area contributed by atoms with Gasteiger partial charge in [0.2, 0.25) is 0 Å². The lowest BCUT2D eigenvalue weighted by atomic mass is 10.1. The third-order valence-electron chi connectivity index (χ3n) is 1.53. The Balaban J connectivity index is 3.04. The van der Waals surface area contributed by atoms with Crippen molar-refractivity contribution in [2.45, 2.75) is 13.5 Å². The van der Waals surface area contributed by atoms with E-state index in [1.54, 1.807) is 12.1 Å². The van der Waals surface area contributed by atoms with Crippen LogP contribution in [0.2, 0.25) is 0 Å². The first-order chi connectivity index (χ1) is 6.25. The number of pyridine rings is 1. The molecular weight excluding hydrogens is 168 g/mol. The maximum Gasteiger partial charge on any atom is 0.178 e. The van der Waals surface area contributed by atoms with Crippen molar-refractivity contribution >= 4 is 5.78 Å². The molecule has 13 heavy (non-hydrogen) atoms. The summed E-state index contributed by atoms with van der Waals surface area (Å²) in [6.45, 7) is 1.60. The fraction of sp³-hybridized carbons (Fsp3) is 0.250. The second kappa shape index (κ2) is 4.23. The molecule has 0 radical (unpaired) electrons. The Labute approximate surface area is 75.0 Å². The molecule has 1 aromatic rings. The Morgan fingerprint density at radius 2 is 2.54 bits per heavy atom. The van der Waals surface area contributed by atoms with E-state index in [4.69, 9.17) is 5.53 Å². The zero-order chi connectivity index (χ0) is 9.68. The van der Waals surface area contributed by atoms with Crippen LogP contribution >= 0.6 is 0 Å². The number of rotatable bonds is 3. The van der Waals surface area contributed by atoms with E-state index in [9.17, 15) is 4.79 Å². The standard InChI is InChI=1S/C8H8N4O/c1-6(13)8-7(5-11-12-9)3-2-4-10-8/h2-4H,5H2,1H3. The van der Waals surface area contributed by atoms with Gasteiger partial charge in [-0.1, -0.05) is 11.2 Å². The molecular formula is C8H8N4O. The van der Waals surface area contributed by atoms with Gasteiger partial charge < -0.3 is 0 Å². The van der Waals surface area contributed by atoms with Crippen LogP contribution in [0.3, 0.4) is 0 Å². The van der Waals surface area contributed by atoms with Gasteiger partial charge in [-0.15, -0.1) is 0 Å². The molecule has 0 amide bonds. The molecule has 0 aliphatic rings. The highest BCUT2D eigenvalue weighted by atomic mass is 16.1. The van der Waals surface area contributed by atoms with Gasteiger partial charge in [-0.3, -0.25) is 9.78 Å². The molecule has 0 bridgehead atoms. The van der Waals surface area contributed by atoms with Crippen molar-refractivity contribution in [3.8, 4) is 0 Å². The average Bonchev–Trinajstić information content (AvgIpc) is 2.15. The van der Waals surface area contributed by atoms with Gasteiger partial charge in [0.1, 0.15) is 5.69 Å². The van der Waals surface area contributed by atoms with Crippen LogP contribution in [-0.2, 0) is 6.54 Å². The van der Waals surface area contributed by atoms with E-state index in [-0.39, 0.29) is 12.3 Å². The molecule has 0 aliphatic carbocycles. The second-order valence-electron chi connectivity index (χ2n) is 2.46. The van der Waals surface area contributed by atoms with Crippen molar-refractivity contribution in [3.63, 3.8) is 0 Å².